The number of aromatic amines is 1. The zero-order valence-corrected chi connectivity index (χ0v) is 8.96. The van der Waals surface area contributed by atoms with Crippen molar-refractivity contribution >= 4 is 16.1 Å². The van der Waals surface area contributed by atoms with Crippen LogP contribution in [0.5, 0.6) is 0 Å². The number of H-pyrrole nitrogens is 1. The SMILES string of the molecule is O=C(O)c1[nH]c(=O)c(C(F)(F)F)cc1S(=O)(=O)O. The maximum absolute atomic E-state index is 12.3. The average molecular weight is 287 g/mol. The van der Waals surface area contributed by atoms with Gasteiger partial charge in [0.2, 0.25) is 0 Å². The zero-order chi connectivity index (χ0) is 14.3. The number of aromatic nitrogens is 1. The Morgan fingerprint density at radius 2 is 1.83 bits per heavy atom. The van der Waals surface area contributed by atoms with Gasteiger partial charge in [0, 0.05) is 0 Å². The lowest BCUT2D eigenvalue weighted by Gasteiger charge is -2.08. The largest absolute Gasteiger partial charge is 0.477 e. The Kier molecular flexibility index (Phi) is 3.23. The molecule has 0 aliphatic heterocycles. The lowest BCUT2D eigenvalue weighted by atomic mass is 10.2. The number of carbonyl (C=O) groups is 1. The molecule has 18 heavy (non-hydrogen) atoms. The highest BCUT2D eigenvalue weighted by Gasteiger charge is 2.37. The van der Waals surface area contributed by atoms with E-state index in [1.54, 1.807) is 0 Å². The molecule has 0 aliphatic carbocycles. The van der Waals surface area contributed by atoms with E-state index in [1.807, 2.05) is 0 Å². The summed E-state index contributed by atoms with van der Waals surface area (Å²) in [5.74, 6) is -2.01. The smallest absolute Gasteiger partial charge is 0.421 e. The van der Waals surface area contributed by atoms with Gasteiger partial charge < -0.3 is 10.1 Å². The van der Waals surface area contributed by atoms with Crippen LogP contribution >= 0.6 is 0 Å². The maximum Gasteiger partial charge on any atom is 0.421 e. The van der Waals surface area contributed by atoms with Crippen molar-refractivity contribution in [3.05, 3.63) is 27.7 Å². The number of rotatable bonds is 2. The molecular weight excluding hydrogens is 283 g/mol. The van der Waals surface area contributed by atoms with Gasteiger partial charge in [-0.2, -0.15) is 21.6 Å². The summed E-state index contributed by atoms with van der Waals surface area (Å²) in [5, 5.41) is 8.52. The van der Waals surface area contributed by atoms with E-state index >= 15 is 0 Å². The van der Waals surface area contributed by atoms with Gasteiger partial charge in [-0.15, -0.1) is 0 Å². The lowest BCUT2D eigenvalue weighted by Crippen LogP contribution is -2.26. The van der Waals surface area contributed by atoms with Crippen LogP contribution in [0, 0.1) is 0 Å². The van der Waals surface area contributed by atoms with Crippen LogP contribution in [0.1, 0.15) is 16.1 Å². The summed E-state index contributed by atoms with van der Waals surface area (Å²) in [6.07, 6.45) is -5.19. The minimum atomic E-state index is -5.23. The molecule has 0 radical (unpaired) electrons. The van der Waals surface area contributed by atoms with Gasteiger partial charge in [0.15, 0.2) is 0 Å². The second-order valence-corrected chi connectivity index (χ2v) is 4.42. The summed E-state index contributed by atoms with van der Waals surface area (Å²) in [6, 6.07) is -0.238. The number of halogens is 3. The zero-order valence-electron chi connectivity index (χ0n) is 8.15. The van der Waals surface area contributed by atoms with E-state index in [1.165, 1.54) is 4.98 Å². The molecule has 0 bridgehead atoms. The summed E-state index contributed by atoms with van der Waals surface area (Å²) in [7, 11) is -5.23. The Morgan fingerprint density at radius 3 is 2.17 bits per heavy atom. The van der Waals surface area contributed by atoms with Crippen molar-refractivity contribution < 1.29 is 36.0 Å². The summed E-state index contributed by atoms with van der Waals surface area (Å²) in [4.78, 5) is 21.2. The third kappa shape index (κ3) is 2.68. The van der Waals surface area contributed by atoms with Gasteiger partial charge in [0.1, 0.15) is 16.2 Å². The Hall–Kier alpha value is -1.88. The fraction of sp³-hybridized carbons (Fsp3) is 0.143. The molecule has 0 saturated heterocycles. The highest BCUT2D eigenvalue weighted by atomic mass is 32.2. The molecule has 0 spiro atoms. The molecule has 0 aliphatic rings. The van der Waals surface area contributed by atoms with Gasteiger partial charge in [-0.25, -0.2) is 4.79 Å². The van der Waals surface area contributed by atoms with Crippen molar-refractivity contribution in [2.75, 3.05) is 0 Å². The third-order valence-electron chi connectivity index (χ3n) is 1.80. The molecule has 7 nitrogen and oxygen atoms in total. The first-order chi connectivity index (χ1) is 7.94. The monoisotopic (exact) mass is 287 g/mol. The fourth-order valence-corrected chi connectivity index (χ4v) is 1.75. The fourth-order valence-electron chi connectivity index (χ4n) is 1.08. The predicted molar refractivity (Wildman–Crippen MR) is 48.8 cm³/mol. The summed E-state index contributed by atoms with van der Waals surface area (Å²) in [5.41, 5.74) is -5.11. The summed E-state index contributed by atoms with van der Waals surface area (Å²) >= 11 is 0. The first kappa shape index (κ1) is 14.2. The number of carboxylic acid groups (broad SMARTS) is 1. The van der Waals surface area contributed by atoms with Gasteiger partial charge in [0.25, 0.3) is 15.7 Å². The Morgan fingerprint density at radius 1 is 1.33 bits per heavy atom. The van der Waals surface area contributed by atoms with Gasteiger partial charge in [-0.1, -0.05) is 0 Å². The summed E-state index contributed by atoms with van der Waals surface area (Å²) in [6.45, 7) is 0. The van der Waals surface area contributed by atoms with Gasteiger partial charge in [-0.3, -0.25) is 9.35 Å². The van der Waals surface area contributed by atoms with Crippen molar-refractivity contribution in [3.63, 3.8) is 0 Å². The average Bonchev–Trinajstić information content (AvgIpc) is 2.12. The molecule has 11 heteroatoms. The topological polar surface area (TPSA) is 125 Å². The van der Waals surface area contributed by atoms with E-state index < -0.39 is 44.0 Å². The van der Waals surface area contributed by atoms with Crippen LogP contribution in [0.4, 0.5) is 13.2 Å². The summed E-state index contributed by atoms with van der Waals surface area (Å²) < 4.78 is 67.0. The number of hydrogen-bond donors (Lipinski definition) is 3. The standard InChI is InChI=1S/C7H4F3NO6S/c8-7(9,10)2-1-3(18(15,16)17)4(6(13)14)11-5(2)12/h1H,(H,11,12)(H,13,14)(H,15,16,17). The molecule has 0 amide bonds. The van der Waals surface area contributed by atoms with Crippen molar-refractivity contribution in [2.24, 2.45) is 0 Å². The molecule has 1 rings (SSSR count). The quantitative estimate of drug-likeness (QED) is 0.673. The van der Waals surface area contributed by atoms with Crippen LogP contribution in [0.15, 0.2) is 15.8 Å². The number of nitrogens with one attached hydrogen (secondary N) is 1. The van der Waals surface area contributed by atoms with E-state index in [4.69, 9.17) is 9.66 Å². The molecule has 100 valence electrons. The van der Waals surface area contributed by atoms with Gasteiger partial charge in [-0.05, 0) is 6.07 Å². The van der Waals surface area contributed by atoms with E-state index in [0.717, 1.165) is 0 Å². The van der Waals surface area contributed by atoms with E-state index in [-0.39, 0.29) is 6.07 Å². The van der Waals surface area contributed by atoms with E-state index in [2.05, 4.69) is 0 Å². The Labute approximate surface area is 96.6 Å². The second-order valence-electron chi connectivity index (χ2n) is 3.03. The molecule has 0 saturated carbocycles. The van der Waals surface area contributed by atoms with Crippen molar-refractivity contribution in [1.82, 2.24) is 4.98 Å². The molecule has 0 aromatic carbocycles. The molecular formula is C7H4F3NO6S. The maximum atomic E-state index is 12.3. The molecule has 0 unspecified atom stereocenters. The van der Waals surface area contributed by atoms with Crippen molar-refractivity contribution in [2.45, 2.75) is 11.1 Å². The third-order valence-corrected chi connectivity index (χ3v) is 2.68. The van der Waals surface area contributed by atoms with Gasteiger partial charge >= 0.3 is 12.1 Å². The number of carboxylic acids is 1. The van der Waals surface area contributed by atoms with Crippen LogP contribution in [-0.4, -0.2) is 29.0 Å². The highest BCUT2D eigenvalue weighted by Crippen LogP contribution is 2.28. The van der Waals surface area contributed by atoms with Crippen molar-refractivity contribution in [1.29, 1.82) is 0 Å². The molecule has 0 fully saturated rings. The lowest BCUT2D eigenvalue weighted by molar-refractivity contribution is -0.138. The number of hydrogen-bond acceptors (Lipinski definition) is 4. The Balaban J connectivity index is 3.79. The van der Waals surface area contributed by atoms with Crippen LogP contribution in [0.2, 0.25) is 0 Å². The van der Waals surface area contributed by atoms with Crippen LogP contribution in [0.25, 0.3) is 0 Å². The molecule has 1 aromatic heterocycles. The van der Waals surface area contributed by atoms with E-state index in [9.17, 15) is 31.2 Å². The Bertz CT molecular complexity index is 659. The first-order valence-electron chi connectivity index (χ1n) is 4.00. The number of pyridine rings is 1. The van der Waals surface area contributed by atoms with Crippen LogP contribution in [0.3, 0.4) is 0 Å². The molecule has 0 atom stereocenters. The first-order valence-corrected chi connectivity index (χ1v) is 5.44. The number of aromatic carboxylic acids is 1. The number of alkyl halides is 3. The van der Waals surface area contributed by atoms with E-state index in [0.29, 0.717) is 0 Å². The molecule has 3 N–H and O–H groups in total. The van der Waals surface area contributed by atoms with Crippen LogP contribution < -0.4 is 5.56 Å². The van der Waals surface area contributed by atoms with Crippen molar-refractivity contribution in [3.8, 4) is 0 Å². The second kappa shape index (κ2) is 4.10. The normalized spacial score (nSPS) is 12.4. The van der Waals surface area contributed by atoms with Gasteiger partial charge in [0.05, 0.1) is 0 Å². The predicted octanol–water partition coefficient (Wildman–Crippen LogP) is 0.339. The molecule has 1 heterocycles. The molecule has 1 aromatic rings. The highest BCUT2D eigenvalue weighted by molar-refractivity contribution is 7.86. The van der Waals surface area contributed by atoms with Crippen LogP contribution in [-0.2, 0) is 16.3 Å². The minimum absolute atomic E-state index is 0.238. The minimum Gasteiger partial charge on any atom is -0.477 e.